The van der Waals surface area contributed by atoms with Crippen LogP contribution < -0.4 is 10.6 Å². The molecule has 0 saturated heterocycles. The number of nitrogens with one attached hydrogen (secondary N) is 2. The molecule has 2 atom stereocenters. The average Bonchev–Trinajstić information content (AvgIpc) is 2.76. The zero-order valence-electron chi connectivity index (χ0n) is 12.1. The molecule has 1 aliphatic rings. The fourth-order valence-electron chi connectivity index (χ4n) is 2.55. The summed E-state index contributed by atoms with van der Waals surface area (Å²) in [7, 11) is 0. The number of nitrogens with zero attached hydrogens (tertiary/aromatic N) is 2. The van der Waals surface area contributed by atoms with E-state index in [1.807, 2.05) is 13.0 Å². The summed E-state index contributed by atoms with van der Waals surface area (Å²) in [5, 5.41) is 7.56. The van der Waals surface area contributed by atoms with Crippen molar-refractivity contribution in [3.8, 4) is 0 Å². The lowest BCUT2D eigenvalue weighted by molar-refractivity contribution is 0.751. The molecule has 1 saturated carbocycles. The van der Waals surface area contributed by atoms with Crippen molar-refractivity contribution < 1.29 is 0 Å². The molecule has 0 spiro atoms. The van der Waals surface area contributed by atoms with Gasteiger partial charge in [0.25, 0.3) is 0 Å². The molecule has 0 amide bonds. The van der Waals surface area contributed by atoms with Gasteiger partial charge in [-0.2, -0.15) is 16.7 Å². The van der Waals surface area contributed by atoms with Crippen LogP contribution in [0.15, 0.2) is 6.07 Å². The Balaban J connectivity index is 1.95. The van der Waals surface area contributed by atoms with E-state index in [4.69, 9.17) is 0 Å². The van der Waals surface area contributed by atoms with E-state index in [1.165, 1.54) is 25.0 Å². The van der Waals surface area contributed by atoms with Crippen LogP contribution in [0.1, 0.15) is 38.8 Å². The number of aryl methyl sites for hydroxylation is 1. The molecule has 2 N–H and O–H groups in total. The van der Waals surface area contributed by atoms with Crippen LogP contribution >= 0.6 is 11.8 Å². The Bertz CT molecular complexity index is 410. The molecule has 1 aromatic rings. The van der Waals surface area contributed by atoms with Gasteiger partial charge in [-0.3, -0.25) is 0 Å². The molecule has 1 aliphatic carbocycles. The lowest BCUT2D eigenvalue weighted by atomic mass is 10.2. The van der Waals surface area contributed by atoms with Gasteiger partial charge in [0.05, 0.1) is 0 Å². The predicted octanol–water partition coefficient (Wildman–Crippen LogP) is 3.30. The highest BCUT2D eigenvalue weighted by atomic mass is 32.2. The van der Waals surface area contributed by atoms with Crippen LogP contribution in [0.2, 0.25) is 0 Å². The number of thioether (sulfide) groups is 1. The summed E-state index contributed by atoms with van der Waals surface area (Å²) < 4.78 is 0. The van der Waals surface area contributed by atoms with E-state index in [1.54, 1.807) is 0 Å². The summed E-state index contributed by atoms with van der Waals surface area (Å²) in [6.07, 6.45) is 3.82. The molecule has 5 heteroatoms. The fourth-order valence-corrected chi connectivity index (χ4v) is 3.69. The first-order valence-corrected chi connectivity index (χ1v) is 8.23. The third-order valence-corrected chi connectivity index (χ3v) is 4.56. The maximum Gasteiger partial charge on any atom is 0.224 e. The quantitative estimate of drug-likeness (QED) is 0.837. The van der Waals surface area contributed by atoms with Crippen molar-refractivity contribution in [3.05, 3.63) is 11.8 Å². The standard InChI is InChI=1S/C14H24N4S/c1-4-15-14-16-10(3)8-13(18-14)17-11-6-7-12(9-11)19-5-2/h8,11-12H,4-7,9H2,1-3H3,(H2,15,16,17,18). The van der Waals surface area contributed by atoms with Crippen LogP contribution in [0.25, 0.3) is 0 Å². The molecule has 1 heterocycles. The highest BCUT2D eigenvalue weighted by Gasteiger charge is 2.24. The zero-order valence-corrected chi connectivity index (χ0v) is 12.9. The van der Waals surface area contributed by atoms with E-state index in [2.05, 4.69) is 46.2 Å². The molecule has 0 bridgehead atoms. The Hall–Kier alpha value is -0.970. The summed E-state index contributed by atoms with van der Waals surface area (Å²) in [5.41, 5.74) is 1.01. The van der Waals surface area contributed by atoms with Gasteiger partial charge in [0, 0.05) is 29.6 Å². The van der Waals surface area contributed by atoms with Crippen molar-refractivity contribution in [2.75, 3.05) is 22.9 Å². The van der Waals surface area contributed by atoms with E-state index in [0.29, 0.717) is 6.04 Å². The summed E-state index contributed by atoms with van der Waals surface area (Å²) >= 11 is 2.08. The second kappa shape index (κ2) is 6.98. The molecule has 4 nitrogen and oxygen atoms in total. The molecule has 2 unspecified atom stereocenters. The normalized spacial score (nSPS) is 22.5. The van der Waals surface area contributed by atoms with Crippen LogP contribution in [0.3, 0.4) is 0 Å². The molecule has 106 valence electrons. The number of anilines is 2. The second-order valence-corrected chi connectivity index (χ2v) is 6.56. The number of aromatic nitrogens is 2. The van der Waals surface area contributed by atoms with Crippen LogP contribution in [-0.4, -0.2) is 33.6 Å². The van der Waals surface area contributed by atoms with E-state index in [0.717, 1.165) is 29.3 Å². The predicted molar refractivity (Wildman–Crippen MR) is 84.1 cm³/mol. The van der Waals surface area contributed by atoms with Gasteiger partial charge in [0.1, 0.15) is 5.82 Å². The molecule has 0 radical (unpaired) electrons. The van der Waals surface area contributed by atoms with E-state index in [-0.39, 0.29) is 0 Å². The van der Waals surface area contributed by atoms with E-state index >= 15 is 0 Å². The smallest absolute Gasteiger partial charge is 0.224 e. The summed E-state index contributed by atoms with van der Waals surface area (Å²) in [6, 6.07) is 2.59. The van der Waals surface area contributed by atoms with E-state index in [9.17, 15) is 0 Å². The van der Waals surface area contributed by atoms with Crippen molar-refractivity contribution in [1.82, 2.24) is 9.97 Å². The lowest BCUT2D eigenvalue weighted by Crippen LogP contribution is -2.18. The molecule has 1 aromatic heterocycles. The highest BCUT2D eigenvalue weighted by molar-refractivity contribution is 7.99. The fraction of sp³-hybridized carbons (Fsp3) is 0.714. The summed E-state index contributed by atoms with van der Waals surface area (Å²) in [4.78, 5) is 8.89. The minimum Gasteiger partial charge on any atom is -0.367 e. The van der Waals surface area contributed by atoms with Gasteiger partial charge in [-0.05, 0) is 38.9 Å². The Kier molecular flexibility index (Phi) is 5.31. The van der Waals surface area contributed by atoms with Gasteiger partial charge in [-0.15, -0.1) is 0 Å². The SMILES string of the molecule is CCNc1nc(C)cc(NC2CCC(SCC)C2)n1. The third-order valence-electron chi connectivity index (χ3n) is 3.33. The van der Waals surface area contributed by atoms with Gasteiger partial charge in [-0.1, -0.05) is 6.92 Å². The highest BCUT2D eigenvalue weighted by Crippen LogP contribution is 2.31. The van der Waals surface area contributed by atoms with Gasteiger partial charge in [0.2, 0.25) is 5.95 Å². The first kappa shape index (κ1) is 14.4. The molecule has 0 aliphatic heterocycles. The monoisotopic (exact) mass is 280 g/mol. The van der Waals surface area contributed by atoms with Crippen molar-refractivity contribution in [1.29, 1.82) is 0 Å². The van der Waals surface area contributed by atoms with Crippen LogP contribution in [-0.2, 0) is 0 Å². The number of rotatable bonds is 6. The molecule has 0 aromatic carbocycles. The van der Waals surface area contributed by atoms with Crippen molar-refractivity contribution in [2.45, 2.75) is 51.3 Å². The lowest BCUT2D eigenvalue weighted by Gasteiger charge is -2.15. The van der Waals surface area contributed by atoms with E-state index < -0.39 is 0 Å². The molecular formula is C14H24N4S. The van der Waals surface area contributed by atoms with Gasteiger partial charge in [0.15, 0.2) is 0 Å². The topological polar surface area (TPSA) is 49.8 Å². The van der Waals surface area contributed by atoms with Crippen molar-refractivity contribution >= 4 is 23.5 Å². The maximum atomic E-state index is 4.52. The maximum absolute atomic E-state index is 4.52. The van der Waals surface area contributed by atoms with Gasteiger partial charge in [-0.25, -0.2) is 4.98 Å². The molecular weight excluding hydrogens is 256 g/mol. The van der Waals surface area contributed by atoms with Crippen LogP contribution in [0.5, 0.6) is 0 Å². The Labute approximate surface area is 120 Å². The Morgan fingerprint density at radius 3 is 2.89 bits per heavy atom. The third kappa shape index (κ3) is 4.27. The average molecular weight is 280 g/mol. The molecule has 1 fully saturated rings. The minimum absolute atomic E-state index is 0.563. The van der Waals surface area contributed by atoms with Crippen LogP contribution in [0.4, 0.5) is 11.8 Å². The van der Waals surface area contributed by atoms with Crippen molar-refractivity contribution in [3.63, 3.8) is 0 Å². The first-order valence-electron chi connectivity index (χ1n) is 7.19. The van der Waals surface area contributed by atoms with Gasteiger partial charge >= 0.3 is 0 Å². The largest absolute Gasteiger partial charge is 0.367 e. The summed E-state index contributed by atoms with van der Waals surface area (Å²) in [5.74, 6) is 2.90. The van der Waals surface area contributed by atoms with Crippen molar-refractivity contribution in [2.24, 2.45) is 0 Å². The number of hydrogen-bond acceptors (Lipinski definition) is 5. The zero-order chi connectivity index (χ0) is 13.7. The minimum atomic E-state index is 0.563. The van der Waals surface area contributed by atoms with Crippen LogP contribution in [0, 0.1) is 6.92 Å². The molecule has 2 rings (SSSR count). The first-order chi connectivity index (χ1) is 9.21. The van der Waals surface area contributed by atoms with Gasteiger partial charge < -0.3 is 10.6 Å². The Morgan fingerprint density at radius 1 is 1.32 bits per heavy atom. The Morgan fingerprint density at radius 2 is 2.16 bits per heavy atom. The summed E-state index contributed by atoms with van der Waals surface area (Å²) in [6.45, 7) is 7.16. The second-order valence-electron chi connectivity index (χ2n) is 4.98. The number of hydrogen-bond donors (Lipinski definition) is 2. The molecule has 19 heavy (non-hydrogen) atoms.